The van der Waals surface area contributed by atoms with Gasteiger partial charge in [-0.3, -0.25) is 0 Å². The van der Waals surface area contributed by atoms with Crippen molar-refractivity contribution in [3.8, 4) is 28.6 Å². The van der Waals surface area contributed by atoms with Crippen LogP contribution in [-0.4, -0.2) is 27.4 Å². The Labute approximate surface area is 166 Å². The summed E-state index contributed by atoms with van der Waals surface area (Å²) in [6.07, 6.45) is 0.997. The summed E-state index contributed by atoms with van der Waals surface area (Å²) in [5, 5.41) is 12.6. The molecule has 0 unspecified atom stereocenters. The average Bonchev–Trinajstić information content (AvgIpc) is 3.42. The quantitative estimate of drug-likeness (QED) is 0.419. The highest BCUT2D eigenvalue weighted by Crippen LogP contribution is 2.27. The van der Waals surface area contributed by atoms with Crippen LogP contribution in [0.5, 0.6) is 5.75 Å². The van der Waals surface area contributed by atoms with E-state index in [-0.39, 0.29) is 0 Å². The number of rotatable bonds is 7. The third kappa shape index (κ3) is 4.07. The molecule has 0 atom stereocenters. The number of hydrogen-bond donors (Lipinski definition) is 0. The molecular weight excluding hydrogens is 376 g/mol. The summed E-state index contributed by atoms with van der Waals surface area (Å²) in [5.74, 6) is 2.75. The maximum absolute atomic E-state index is 5.69. The number of hydrogen-bond acceptors (Lipinski definition) is 8. The normalized spacial score (nSPS) is 10.9. The van der Waals surface area contributed by atoms with Crippen molar-refractivity contribution in [2.45, 2.75) is 24.3 Å². The van der Waals surface area contributed by atoms with Crippen LogP contribution in [-0.2, 0) is 12.2 Å². The number of thioether (sulfide) groups is 1. The fourth-order valence-corrected chi connectivity index (χ4v) is 3.16. The Hall–Kier alpha value is -3.13. The zero-order chi connectivity index (χ0) is 19.3. The molecule has 0 aliphatic heterocycles. The maximum atomic E-state index is 5.69. The predicted octanol–water partition coefficient (Wildman–Crippen LogP) is 4.65. The van der Waals surface area contributed by atoms with E-state index < -0.39 is 0 Å². The van der Waals surface area contributed by atoms with Gasteiger partial charge in [-0.2, -0.15) is 4.98 Å². The first kappa shape index (κ1) is 18.2. The van der Waals surface area contributed by atoms with Crippen LogP contribution in [0.25, 0.3) is 22.8 Å². The van der Waals surface area contributed by atoms with Gasteiger partial charge >= 0.3 is 0 Å². The molecule has 0 N–H and O–H groups in total. The summed E-state index contributed by atoms with van der Waals surface area (Å²) in [5.41, 5.74) is 3.03. The molecule has 28 heavy (non-hydrogen) atoms. The number of nitrogens with zero attached hydrogens (tertiary/aromatic N) is 4. The lowest BCUT2D eigenvalue weighted by Gasteiger charge is -1.99. The number of ether oxygens (including phenoxy) is 1. The van der Waals surface area contributed by atoms with Crippen molar-refractivity contribution in [1.29, 1.82) is 0 Å². The second-order valence-electron chi connectivity index (χ2n) is 5.95. The van der Waals surface area contributed by atoms with Gasteiger partial charge in [0.15, 0.2) is 0 Å². The van der Waals surface area contributed by atoms with Crippen molar-refractivity contribution in [3.05, 3.63) is 60.0 Å². The minimum absolute atomic E-state index is 0.442. The van der Waals surface area contributed by atoms with E-state index in [2.05, 4.69) is 39.4 Å². The number of methoxy groups -OCH3 is 1. The summed E-state index contributed by atoms with van der Waals surface area (Å²) in [6.45, 7) is 2.12. The molecule has 0 saturated carbocycles. The maximum Gasteiger partial charge on any atom is 0.277 e. The fourth-order valence-electron chi connectivity index (χ4n) is 2.56. The largest absolute Gasteiger partial charge is 0.497 e. The Morgan fingerprint density at radius 2 is 1.71 bits per heavy atom. The van der Waals surface area contributed by atoms with Crippen molar-refractivity contribution >= 4 is 11.8 Å². The van der Waals surface area contributed by atoms with Gasteiger partial charge in [-0.05, 0) is 36.2 Å². The molecule has 2 heterocycles. The van der Waals surface area contributed by atoms with Crippen LogP contribution in [0.2, 0.25) is 0 Å². The lowest BCUT2D eigenvalue weighted by Crippen LogP contribution is -1.84. The van der Waals surface area contributed by atoms with Crippen LogP contribution >= 0.6 is 11.8 Å². The Balaban J connectivity index is 1.39. The minimum Gasteiger partial charge on any atom is -0.497 e. The van der Waals surface area contributed by atoms with Crippen molar-refractivity contribution in [2.24, 2.45) is 0 Å². The van der Waals surface area contributed by atoms with Gasteiger partial charge in [0.2, 0.25) is 17.6 Å². The number of benzene rings is 2. The number of aromatic nitrogens is 4. The minimum atomic E-state index is 0.442. The first-order valence-corrected chi connectivity index (χ1v) is 9.76. The average molecular weight is 394 g/mol. The van der Waals surface area contributed by atoms with Gasteiger partial charge in [-0.15, -0.1) is 10.2 Å². The van der Waals surface area contributed by atoms with Gasteiger partial charge in [0.05, 0.1) is 12.9 Å². The first-order chi connectivity index (χ1) is 13.7. The topological polar surface area (TPSA) is 87.1 Å². The molecule has 0 radical (unpaired) electrons. The molecule has 0 saturated heterocycles. The van der Waals surface area contributed by atoms with E-state index in [9.17, 15) is 0 Å². The standard InChI is InChI=1S/C20H18N4O3S/c1-3-13-4-6-14(7-5-13)18-21-17(27-24-18)12-28-20-23-22-19(26-20)15-8-10-16(25-2)11-9-15/h4-11H,3,12H2,1-2H3. The van der Waals surface area contributed by atoms with Crippen molar-refractivity contribution in [3.63, 3.8) is 0 Å². The molecule has 2 aromatic carbocycles. The third-order valence-corrected chi connectivity index (χ3v) is 4.95. The van der Waals surface area contributed by atoms with E-state index in [0.29, 0.717) is 28.6 Å². The van der Waals surface area contributed by atoms with Crippen LogP contribution in [0.15, 0.2) is 62.7 Å². The Bertz CT molecular complexity index is 956. The molecule has 0 spiro atoms. The molecule has 0 amide bonds. The summed E-state index contributed by atoms with van der Waals surface area (Å²) in [7, 11) is 1.62. The fraction of sp³-hybridized carbons (Fsp3) is 0.200. The van der Waals surface area contributed by atoms with Gasteiger partial charge in [-0.1, -0.05) is 48.1 Å². The Kier molecular flexibility index (Phi) is 5.38. The Morgan fingerprint density at radius 1 is 0.964 bits per heavy atom. The highest BCUT2D eigenvalue weighted by Gasteiger charge is 2.13. The van der Waals surface area contributed by atoms with E-state index in [0.717, 1.165) is 23.3 Å². The van der Waals surface area contributed by atoms with Crippen LogP contribution in [0.1, 0.15) is 18.4 Å². The first-order valence-electron chi connectivity index (χ1n) is 8.78. The smallest absolute Gasteiger partial charge is 0.277 e. The monoisotopic (exact) mass is 394 g/mol. The molecule has 2 aromatic heterocycles. The van der Waals surface area contributed by atoms with Gasteiger partial charge in [-0.25, -0.2) is 0 Å². The molecule has 7 nitrogen and oxygen atoms in total. The van der Waals surface area contributed by atoms with Crippen molar-refractivity contribution in [2.75, 3.05) is 7.11 Å². The highest BCUT2D eigenvalue weighted by molar-refractivity contribution is 7.98. The second kappa shape index (κ2) is 8.26. The van der Waals surface area contributed by atoms with Crippen LogP contribution < -0.4 is 4.74 Å². The SMILES string of the molecule is CCc1ccc(-c2noc(CSc3nnc(-c4ccc(OC)cc4)o3)n2)cc1. The van der Waals surface area contributed by atoms with Crippen LogP contribution in [0, 0.1) is 0 Å². The highest BCUT2D eigenvalue weighted by atomic mass is 32.2. The summed E-state index contributed by atoms with van der Waals surface area (Å²) in [6, 6.07) is 15.6. The zero-order valence-electron chi connectivity index (χ0n) is 15.5. The molecule has 142 valence electrons. The molecule has 0 bridgehead atoms. The van der Waals surface area contributed by atoms with E-state index in [1.165, 1.54) is 17.3 Å². The van der Waals surface area contributed by atoms with E-state index in [4.69, 9.17) is 13.7 Å². The van der Waals surface area contributed by atoms with Crippen LogP contribution in [0.4, 0.5) is 0 Å². The predicted molar refractivity (Wildman–Crippen MR) is 105 cm³/mol. The Morgan fingerprint density at radius 3 is 2.43 bits per heavy atom. The van der Waals surface area contributed by atoms with E-state index in [1.54, 1.807) is 7.11 Å². The second-order valence-corrected chi connectivity index (χ2v) is 6.88. The van der Waals surface area contributed by atoms with Crippen molar-refractivity contribution in [1.82, 2.24) is 20.3 Å². The molecule has 4 aromatic rings. The number of aryl methyl sites for hydroxylation is 1. The van der Waals surface area contributed by atoms with Crippen molar-refractivity contribution < 1.29 is 13.7 Å². The molecule has 0 aliphatic carbocycles. The zero-order valence-corrected chi connectivity index (χ0v) is 16.3. The summed E-state index contributed by atoms with van der Waals surface area (Å²) in [4.78, 5) is 4.43. The molecule has 4 rings (SSSR count). The molecule has 0 fully saturated rings. The summed E-state index contributed by atoms with van der Waals surface area (Å²) < 4.78 is 16.2. The molecule has 8 heteroatoms. The van der Waals surface area contributed by atoms with Gasteiger partial charge < -0.3 is 13.7 Å². The van der Waals surface area contributed by atoms with Crippen LogP contribution in [0.3, 0.4) is 0 Å². The van der Waals surface area contributed by atoms with Gasteiger partial charge in [0.25, 0.3) is 5.22 Å². The summed E-state index contributed by atoms with van der Waals surface area (Å²) >= 11 is 1.35. The molecule has 0 aliphatic rings. The van der Waals surface area contributed by atoms with E-state index >= 15 is 0 Å². The lowest BCUT2D eigenvalue weighted by atomic mass is 10.1. The molecular formula is C20H18N4O3S. The lowest BCUT2D eigenvalue weighted by molar-refractivity contribution is 0.391. The van der Waals surface area contributed by atoms with Gasteiger partial charge in [0.1, 0.15) is 5.75 Å². The van der Waals surface area contributed by atoms with E-state index in [1.807, 2.05) is 36.4 Å². The van der Waals surface area contributed by atoms with Gasteiger partial charge in [0, 0.05) is 11.1 Å². The third-order valence-electron chi connectivity index (χ3n) is 4.15.